The first-order valence-electron chi connectivity index (χ1n) is 5.02. The van der Waals surface area contributed by atoms with Crippen molar-refractivity contribution in [2.45, 2.75) is 19.4 Å². The summed E-state index contributed by atoms with van der Waals surface area (Å²) in [5.41, 5.74) is -0.702. The zero-order valence-electron chi connectivity index (χ0n) is 10.3. The van der Waals surface area contributed by atoms with Crippen LogP contribution in [-0.4, -0.2) is 19.8 Å². The van der Waals surface area contributed by atoms with Crippen molar-refractivity contribution in [2.24, 2.45) is 0 Å². The second-order valence-electron chi connectivity index (χ2n) is 3.89. The molecule has 92 valence electrons. The maximum absolute atomic E-state index is 5.71. The molecule has 0 saturated carbocycles. The molecule has 1 aromatic rings. The van der Waals surface area contributed by atoms with Crippen LogP contribution in [0, 0.1) is 12.3 Å². The first kappa shape index (κ1) is 13.7. The van der Waals surface area contributed by atoms with Crippen LogP contribution in [0.15, 0.2) is 16.6 Å². The number of terminal acetylenes is 1. The molecule has 0 bridgehead atoms. The third-order valence-corrected chi connectivity index (χ3v) is 2.77. The van der Waals surface area contributed by atoms with Gasteiger partial charge in [-0.25, -0.2) is 0 Å². The summed E-state index contributed by atoms with van der Waals surface area (Å²) in [6.45, 7) is 3.61. The molecule has 0 amide bonds. The lowest BCUT2D eigenvalue weighted by molar-refractivity contribution is 0.164. The summed E-state index contributed by atoms with van der Waals surface area (Å²) in [6.07, 6.45) is 5.39. The molecule has 0 N–H and O–H groups in total. The Bertz CT molecular complexity index is 447. The first-order valence-corrected chi connectivity index (χ1v) is 5.81. The molecule has 0 heterocycles. The molecule has 0 fully saturated rings. The van der Waals surface area contributed by atoms with Crippen LogP contribution < -0.4 is 14.2 Å². The molecule has 4 heteroatoms. The van der Waals surface area contributed by atoms with Crippen LogP contribution in [0.5, 0.6) is 17.2 Å². The highest BCUT2D eigenvalue weighted by Gasteiger charge is 2.20. The fraction of sp³-hybridized carbons (Fsp3) is 0.385. The molecule has 0 saturated heterocycles. The van der Waals surface area contributed by atoms with Crippen molar-refractivity contribution in [2.75, 3.05) is 14.2 Å². The molecule has 1 rings (SSSR count). The Morgan fingerprint density at radius 2 is 1.71 bits per heavy atom. The zero-order chi connectivity index (χ0) is 13.1. The molecule has 3 nitrogen and oxygen atoms in total. The van der Waals surface area contributed by atoms with Crippen LogP contribution in [0.3, 0.4) is 0 Å². The molecule has 0 aliphatic heterocycles. The summed E-state index contributed by atoms with van der Waals surface area (Å²) < 4.78 is 16.9. The van der Waals surface area contributed by atoms with Gasteiger partial charge < -0.3 is 14.2 Å². The predicted molar refractivity (Wildman–Crippen MR) is 70.8 cm³/mol. The maximum atomic E-state index is 5.71. The van der Waals surface area contributed by atoms with E-state index in [1.807, 2.05) is 0 Å². The molecular formula is C13H15BrO3. The van der Waals surface area contributed by atoms with Crippen molar-refractivity contribution in [1.82, 2.24) is 0 Å². The van der Waals surface area contributed by atoms with Gasteiger partial charge in [0.25, 0.3) is 0 Å². The lowest BCUT2D eigenvalue weighted by Gasteiger charge is -2.22. The summed E-state index contributed by atoms with van der Waals surface area (Å²) in [6, 6.07) is 3.52. The largest absolute Gasteiger partial charge is 0.495 e. The van der Waals surface area contributed by atoms with Gasteiger partial charge >= 0.3 is 0 Å². The molecule has 17 heavy (non-hydrogen) atoms. The van der Waals surface area contributed by atoms with E-state index in [4.69, 9.17) is 20.6 Å². The van der Waals surface area contributed by atoms with E-state index in [-0.39, 0.29) is 0 Å². The van der Waals surface area contributed by atoms with E-state index >= 15 is 0 Å². The molecule has 0 spiro atoms. The van der Waals surface area contributed by atoms with Gasteiger partial charge in [-0.3, -0.25) is 0 Å². The lowest BCUT2D eigenvalue weighted by atomic mass is 10.1. The number of rotatable bonds is 4. The maximum Gasteiger partial charge on any atom is 0.167 e. The number of halogens is 1. The smallest absolute Gasteiger partial charge is 0.167 e. The van der Waals surface area contributed by atoms with E-state index in [9.17, 15) is 0 Å². The fourth-order valence-corrected chi connectivity index (χ4v) is 1.70. The summed E-state index contributed by atoms with van der Waals surface area (Å²) >= 11 is 3.38. The van der Waals surface area contributed by atoms with Crippen LogP contribution in [0.1, 0.15) is 13.8 Å². The molecule has 0 aromatic heterocycles. The van der Waals surface area contributed by atoms with Crippen LogP contribution in [0.2, 0.25) is 0 Å². The van der Waals surface area contributed by atoms with Crippen molar-refractivity contribution in [1.29, 1.82) is 0 Å². The molecule has 0 radical (unpaired) electrons. The van der Waals surface area contributed by atoms with E-state index in [2.05, 4.69) is 21.9 Å². The average Bonchev–Trinajstić information content (AvgIpc) is 2.30. The Labute approximate surface area is 110 Å². The minimum atomic E-state index is -0.702. The van der Waals surface area contributed by atoms with Gasteiger partial charge in [-0.2, -0.15) is 0 Å². The van der Waals surface area contributed by atoms with E-state index < -0.39 is 5.60 Å². The molecule has 0 aliphatic rings. The van der Waals surface area contributed by atoms with Crippen molar-refractivity contribution in [3.05, 3.63) is 16.6 Å². The van der Waals surface area contributed by atoms with Crippen LogP contribution in [0.4, 0.5) is 0 Å². The summed E-state index contributed by atoms with van der Waals surface area (Å²) in [7, 11) is 3.16. The Hall–Kier alpha value is -1.34. The van der Waals surface area contributed by atoms with Gasteiger partial charge in [0.2, 0.25) is 0 Å². The number of hydrogen-bond acceptors (Lipinski definition) is 3. The summed E-state index contributed by atoms with van der Waals surface area (Å²) in [5, 5.41) is 0. The van der Waals surface area contributed by atoms with Gasteiger partial charge in [-0.15, -0.1) is 6.42 Å². The minimum absolute atomic E-state index is 0.551. The second-order valence-corrected chi connectivity index (χ2v) is 4.75. The van der Waals surface area contributed by atoms with E-state index in [0.29, 0.717) is 17.2 Å². The normalized spacial score (nSPS) is 10.6. The van der Waals surface area contributed by atoms with Crippen LogP contribution in [0.25, 0.3) is 0 Å². The van der Waals surface area contributed by atoms with Gasteiger partial charge in [0.05, 0.1) is 18.7 Å². The SMILES string of the molecule is C#CC(C)(C)Oc1cc(OC)c(Br)cc1OC. The highest BCUT2D eigenvalue weighted by Crippen LogP contribution is 2.39. The molecule has 0 atom stereocenters. The standard InChI is InChI=1S/C13H15BrO3/c1-6-13(2,3)17-12-8-10(15-4)9(14)7-11(12)16-5/h1,7-8H,2-5H3. The van der Waals surface area contributed by atoms with Crippen molar-refractivity contribution < 1.29 is 14.2 Å². The van der Waals surface area contributed by atoms with Gasteiger partial charge in [0.1, 0.15) is 5.75 Å². The summed E-state index contributed by atoms with van der Waals surface area (Å²) in [4.78, 5) is 0. The Kier molecular flexibility index (Phi) is 4.30. The molecular weight excluding hydrogens is 284 g/mol. The topological polar surface area (TPSA) is 27.7 Å². The highest BCUT2D eigenvalue weighted by molar-refractivity contribution is 9.10. The van der Waals surface area contributed by atoms with E-state index in [0.717, 1.165) is 4.47 Å². The Morgan fingerprint density at radius 1 is 1.12 bits per heavy atom. The second kappa shape index (κ2) is 5.33. The third-order valence-electron chi connectivity index (χ3n) is 2.15. The van der Waals surface area contributed by atoms with Gasteiger partial charge in [0.15, 0.2) is 17.1 Å². The van der Waals surface area contributed by atoms with Gasteiger partial charge in [0, 0.05) is 12.1 Å². The average molecular weight is 299 g/mol. The van der Waals surface area contributed by atoms with Crippen molar-refractivity contribution in [3.8, 4) is 29.6 Å². The zero-order valence-corrected chi connectivity index (χ0v) is 11.9. The lowest BCUT2D eigenvalue weighted by Crippen LogP contribution is -2.25. The number of methoxy groups -OCH3 is 2. The van der Waals surface area contributed by atoms with Crippen molar-refractivity contribution >= 4 is 15.9 Å². The number of ether oxygens (including phenoxy) is 3. The van der Waals surface area contributed by atoms with Crippen LogP contribution in [-0.2, 0) is 0 Å². The third kappa shape index (κ3) is 3.31. The van der Waals surface area contributed by atoms with Crippen molar-refractivity contribution in [3.63, 3.8) is 0 Å². The molecule has 0 unspecified atom stereocenters. The fourth-order valence-electron chi connectivity index (χ4n) is 1.22. The molecule has 1 aromatic carbocycles. The van der Waals surface area contributed by atoms with E-state index in [1.54, 1.807) is 40.2 Å². The minimum Gasteiger partial charge on any atom is -0.495 e. The van der Waals surface area contributed by atoms with Gasteiger partial charge in [-0.05, 0) is 29.8 Å². The Balaban J connectivity index is 3.18. The van der Waals surface area contributed by atoms with Crippen LogP contribution >= 0.6 is 15.9 Å². The number of hydrogen-bond donors (Lipinski definition) is 0. The first-order chi connectivity index (χ1) is 7.93. The highest BCUT2D eigenvalue weighted by atomic mass is 79.9. The number of benzene rings is 1. The quantitative estimate of drug-likeness (QED) is 0.799. The Morgan fingerprint density at radius 3 is 2.18 bits per heavy atom. The van der Waals surface area contributed by atoms with E-state index in [1.165, 1.54) is 0 Å². The summed E-state index contributed by atoms with van der Waals surface area (Å²) in [5.74, 6) is 4.37. The monoisotopic (exact) mass is 298 g/mol. The van der Waals surface area contributed by atoms with Gasteiger partial charge in [-0.1, -0.05) is 5.92 Å². The predicted octanol–water partition coefficient (Wildman–Crippen LogP) is 3.26. The molecule has 0 aliphatic carbocycles.